The van der Waals surface area contributed by atoms with E-state index in [2.05, 4.69) is 55.6 Å². The molecule has 0 aliphatic carbocycles. The lowest BCUT2D eigenvalue weighted by Crippen LogP contribution is -2.60. The summed E-state index contributed by atoms with van der Waals surface area (Å²) in [7, 11) is 0. The Labute approximate surface area is 315 Å². The molecule has 0 radical (unpaired) electrons. The topological polar surface area (TPSA) is 169 Å². The van der Waals surface area contributed by atoms with Crippen LogP contribution in [0.2, 0.25) is 0 Å². The summed E-state index contributed by atoms with van der Waals surface area (Å²) in [6.45, 7) is 3.49. The lowest BCUT2D eigenvalue weighted by atomic mass is 9.99. The largest absolute Gasteiger partial charge is 0.394 e. The van der Waals surface area contributed by atoms with E-state index in [-0.39, 0.29) is 13.0 Å². The first-order chi connectivity index (χ1) is 25.3. The molecule has 1 aliphatic rings. The summed E-state index contributed by atoms with van der Waals surface area (Å²) in [4.78, 5) is 12.9. The highest BCUT2D eigenvalue weighted by molar-refractivity contribution is 5.80. The van der Waals surface area contributed by atoms with E-state index in [0.29, 0.717) is 12.8 Å². The summed E-state index contributed by atoms with van der Waals surface area (Å²) in [5.41, 5.74) is 0. The van der Waals surface area contributed by atoms with Crippen molar-refractivity contribution < 1.29 is 44.9 Å². The van der Waals surface area contributed by atoms with Crippen LogP contribution in [-0.2, 0) is 14.3 Å². The fraction of sp³-hybridized carbons (Fsp3) is 0.786. The molecule has 1 aliphatic heterocycles. The summed E-state index contributed by atoms with van der Waals surface area (Å²) >= 11 is 0. The fourth-order valence-electron chi connectivity index (χ4n) is 6.00. The molecule has 302 valence electrons. The molecule has 8 unspecified atom stereocenters. The van der Waals surface area contributed by atoms with Gasteiger partial charge in [0.1, 0.15) is 30.5 Å². The monoisotopic (exact) mass is 738 g/mol. The predicted molar refractivity (Wildman–Crippen MR) is 209 cm³/mol. The number of unbranched alkanes of at least 4 members (excludes halogenated alkanes) is 15. The third-order valence-corrected chi connectivity index (χ3v) is 9.46. The molecule has 1 rings (SSSR count). The van der Waals surface area contributed by atoms with Gasteiger partial charge in [-0.25, -0.2) is 0 Å². The van der Waals surface area contributed by atoms with Gasteiger partial charge in [-0.2, -0.15) is 0 Å². The van der Waals surface area contributed by atoms with Crippen LogP contribution in [-0.4, -0.2) is 98.7 Å². The van der Waals surface area contributed by atoms with Crippen molar-refractivity contribution in [1.82, 2.24) is 5.32 Å². The Hall–Kier alpha value is -1.89. The zero-order chi connectivity index (χ0) is 38.2. The number of rotatable bonds is 32. The van der Waals surface area contributed by atoms with E-state index in [1.807, 2.05) is 6.08 Å². The maximum atomic E-state index is 12.9. The number of aliphatic hydroxyl groups is 6. The molecule has 1 fully saturated rings. The number of aliphatic hydroxyl groups excluding tert-OH is 6. The number of carbonyl (C=O) groups excluding carboxylic acids is 1. The summed E-state index contributed by atoms with van der Waals surface area (Å²) in [6.07, 6.45) is 29.2. The van der Waals surface area contributed by atoms with Gasteiger partial charge in [0.05, 0.1) is 25.4 Å². The van der Waals surface area contributed by atoms with Crippen LogP contribution in [0.25, 0.3) is 0 Å². The van der Waals surface area contributed by atoms with Crippen molar-refractivity contribution in [3.05, 3.63) is 48.6 Å². The van der Waals surface area contributed by atoms with Gasteiger partial charge in [-0.1, -0.05) is 133 Å². The van der Waals surface area contributed by atoms with Gasteiger partial charge in [-0.05, 0) is 64.2 Å². The van der Waals surface area contributed by atoms with Crippen molar-refractivity contribution in [2.45, 2.75) is 198 Å². The Balaban J connectivity index is 2.54. The van der Waals surface area contributed by atoms with Crippen LogP contribution in [0.5, 0.6) is 0 Å². The molecule has 1 saturated heterocycles. The van der Waals surface area contributed by atoms with Gasteiger partial charge in [0.15, 0.2) is 6.29 Å². The van der Waals surface area contributed by atoms with E-state index in [4.69, 9.17) is 9.47 Å². The molecule has 10 nitrogen and oxygen atoms in total. The SMILES string of the molecule is CCCC/C=C\CCCCCCC(O)C(=O)NC(COC1OC(CO)C(O)C(O)C1O)C(O)/C=C/CC/C=C/CC/C=C/CCCCCCCCC. The van der Waals surface area contributed by atoms with E-state index in [1.54, 1.807) is 6.08 Å². The number of amides is 1. The first-order valence-corrected chi connectivity index (χ1v) is 20.5. The van der Waals surface area contributed by atoms with Gasteiger partial charge in [0.2, 0.25) is 5.91 Å². The van der Waals surface area contributed by atoms with Crippen molar-refractivity contribution in [3.63, 3.8) is 0 Å². The van der Waals surface area contributed by atoms with Gasteiger partial charge >= 0.3 is 0 Å². The normalized spacial score (nSPS) is 23.0. The number of ether oxygens (including phenoxy) is 2. The third kappa shape index (κ3) is 23.0. The highest BCUT2D eigenvalue weighted by Gasteiger charge is 2.44. The average molecular weight is 738 g/mol. The van der Waals surface area contributed by atoms with Gasteiger partial charge in [0.25, 0.3) is 0 Å². The lowest BCUT2D eigenvalue weighted by molar-refractivity contribution is -0.302. The van der Waals surface area contributed by atoms with Crippen LogP contribution in [0.4, 0.5) is 0 Å². The average Bonchev–Trinajstić information content (AvgIpc) is 3.14. The Morgan fingerprint density at radius 2 is 1.15 bits per heavy atom. The summed E-state index contributed by atoms with van der Waals surface area (Å²) < 4.78 is 11.1. The van der Waals surface area contributed by atoms with E-state index in [1.165, 1.54) is 57.8 Å². The zero-order valence-corrected chi connectivity index (χ0v) is 32.4. The van der Waals surface area contributed by atoms with Gasteiger partial charge in [0, 0.05) is 0 Å². The number of nitrogens with one attached hydrogen (secondary N) is 1. The van der Waals surface area contributed by atoms with E-state index in [9.17, 15) is 35.4 Å². The first-order valence-electron chi connectivity index (χ1n) is 20.5. The predicted octanol–water partition coefficient (Wildman–Crippen LogP) is 6.47. The van der Waals surface area contributed by atoms with Gasteiger partial charge < -0.3 is 45.4 Å². The molecule has 10 heteroatoms. The van der Waals surface area contributed by atoms with Crippen LogP contribution >= 0.6 is 0 Å². The van der Waals surface area contributed by atoms with Crippen LogP contribution in [0.3, 0.4) is 0 Å². The smallest absolute Gasteiger partial charge is 0.249 e. The summed E-state index contributed by atoms with van der Waals surface area (Å²) in [5, 5.41) is 64.3. The minimum Gasteiger partial charge on any atom is -0.394 e. The number of allylic oxidation sites excluding steroid dienone is 7. The second kappa shape index (κ2) is 32.5. The Bertz CT molecular complexity index is 969. The molecular formula is C42H75NO9. The van der Waals surface area contributed by atoms with Crippen molar-refractivity contribution in [2.75, 3.05) is 13.2 Å². The second-order valence-electron chi connectivity index (χ2n) is 14.2. The quantitative estimate of drug-likeness (QED) is 0.0303. The molecule has 0 aromatic carbocycles. The third-order valence-electron chi connectivity index (χ3n) is 9.46. The lowest BCUT2D eigenvalue weighted by Gasteiger charge is -2.40. The molecule has 1 amide bonds. The van der Waals surface area contributed by atoms with Crippen molar-refractivity contribution >= 4 is 5.91 Å². The van der Waals surface area contributed by atoms with E-state index in [0.717, 1.165) is 57.8 Å². The fourth-order valence-corrected chi connectivity index (χ4v) is 6.00. The van der Waals surface area contributed by atoms with E-state index < -0.39 is 61.5 Å². The number of hydrogen-bond acceptors (Lipinski definition) is 9. The van der Waals surface area contributed by atoms with Gasteiger partial charge in [-0.15, -0.1) is 0 Å². The molecule has 0 bridgehead atoms. The van der Waals surface area contributed by atoms with Crippen LogP contribution < -0.4 is 5.32 Å². The van der Waals surface area contributed by atoms with Gasteiger partial charge in [-0.3, -0.25) is 4.79 Å². The molecule has 1 heterocycles. The Kier molecular flexibility index (Phi) is 30.1. The maximum absolute atomic E-state index is 12.9. The number of carbonyl (C=O) groups is 1. The van der Waals surface area contributed by atoms with Crippen molar-refractivity contribution in [3.8, 4) is 0 Å². The minimum atomic E-state index is -1.62. The second-order valence-corrected chi connectivity index (χ2v) is 14.2. The standard InChI is InChI=1S/C42H75NO9/c1-3-5-7-9-11-13-15-16-17-18-19-20-21-23-24-26-28-30-35(45)34(33-51-42-40(49)39(48)38(47)37(32-44)52-42)43-41(50)36(46)31-29-27-25-22-14-12-10-8-6-4-2/h10,12,17-18,21,23,28,30,34-40,42,44-49H,3-9,11,13-16,19-20,22,24-27,29,31-33H2,1-2H3,(H,43,50)/b12-10-,18-17+,23-21+,30-28+. The van der Waals surface area contributed by atoms with Crippen molar-refractivity contribution in [2.24, 2.45) is 0 Å². The number of hydrogen-bond donors (Lipinski definition) is 7. The Morgan fingerprint density at radius 3 is 1.73 bits per heavy atom. The first kappa shape index (κ1) is 48.1. The van der Waals surface area contributed by atoms with Crippen LogP contribution in [0.1, 0.15) is 149 Å². The van der Waals surface area contributed by atoms with Crippen LogP contribution in [0.15, 0.2) is 48.6 Å². The maximum Gasteiger partial charge on any atom is 0.249 e. The zero-order valence-electron chi connectivity index (χ0n) is 32.4. The minimum absolute atomic E-state index is 0.283. The Morgan fingerprint density at radius 1 is 0.654 bits per heavy atom. The molecule has 7 N–H and O–H groups in total. The molecule has 0 aromatic heterocycles. The molecule has 0 saturated carbocycles. The summed E-state index contributed by atoms with van der Waals surface area (Å²) in [6, 6.07) is -1.01. The summed E-state index contributed by atoms with van der Waals surface area (Å²) in [5.74, 6) is -0.645. The van der Waals surface area contributed by atoms with Crippen molar-refractivity contribution in [1.29, 1.82) is 0 Å². The molecular weight excluding hydrogens is 662 g/mol. The highest BCUT2D eigenvalue weighted by Crippen LogP contribution is 2.22. The molecule has 8 atom stereocenters. The molecule has 0 spiro atoms. The van der Waals surface area contributed by atoms with Crippen LogP contribution in [0, 0.1) is 0 Å². The molecule has 52 heavy (non-hydrogen) atoms. The molecule has 0 aromatic rings. The van der Waals surface area contributed by atoms with E-state index >= 15 is 0 Å². The highest BCUT2D eigenvalue weighted by atomic mass is 16.7.